The molecule has 0 aliphatic rings. The van der Waals surface area contributed by atoms with E-state index < -0.39 is 10.0 Å². The number of nitrogens with zero attached hydrogens (tertiary/aromatic N) is 2. The lowest BCUT2D eigenvalue weighted by Crippen LogP contribution is -2.31. The minimum atomic E-state index is -3.34. The lowest BCUT2D eigenvalue weighted by molar-refractivity contribution is 0.438. The van der Waals surface area contributed by atoms with Gasteiger partial charge in [0.2, 0.25) is 10.0 Å². The Hall–Kier alpha value is -1.38. The molecule has 0 fully saturated rings. The van der Waals surface area contributed by atoms with Crippen molar-refractivity contribution in [1.82, 2.24) is 4.31 Å². The van der Waals surface area contributed by atoms with E-state index in [9.17, 15) is 8.42 Å². The predicted molar refractivity (Wildman–Crippen MR) is 66.5 cm³/mol. The highest BCUT2D eigenvalue weighted by molar-refractivity contribution is 7.88. The van der Waals surface area contributed by atoms with Crippen LogP contribution in [0.2, 0.25) is 0 Å². The Balaban J connectivity index is 2.73. The SMILES string of the molecule is CC(C#N)CN(C)S(=O)(=O)Cc1ccccc1. The minimum Gasteiger partial charge on any atom is -0.212 e. The summed E-state index contributed by atoms with van der Waals surface area (Å²) >= 11 is 0. The Kier molecular flexibility index (Phi) is 4.67. The van der Waals surface area contributed by atoms with Crippen LogP contribution in [0.25, 0.3) is 0 Å². The Bertz CT molecular complexity index is 491. The monoisotopic (exact) mass is 252 g/mol. The van der Waals surface area contributed by atoms with E-state index in [2.05, 4.69) is 0 Å². The maximum Gasteiger partial charge on any atom is 0.218 e. The lowest BCUT2D eigenvalue weighted by atomic mass is 10.2. The molecule has 0 heterocycles. The smallest absolute Gasteiger partial charge is 0.212 e. The van der Waals surface area contributed by atoms with E-state index >= 15 is 0 Å². The molecule has 4 nitrogen and oxygen atoms in total. The Labute approximate surface area is 103 Å². The molecule has 0 spiro atoms. The zero-order chi connectivity index (χ0) is 12.9. The van der Waals surface area contributed by atoms with Gasteiger partial charge in [-0.3, -0.25) is 0 Å². The fraction of sp³-hybridized carbons (Fsp3) is 0.417. The molecule has 1 unspecified atom stereocenters. The third-order valence-electron chi connectivity index (χ3n) is 2.42. The standard InChI is InChI=1S/C12H16N2O2S/c1-11(8-13)9-14(2)17(15,16)10-12-6-4-3-5-7-12/h3-7,11H,9-10H2,1-2H3. The first-order valence-electron chi connectivity index (χ1n) is 5.33. The van der Waals surface area contributed by atoms with Crippen LogP contribution in [-0.4, -0.2) is 26.3 Å². The maximum absolute atomic E-state index is 12.0. The van der Waals surface area contributed by atoms with E-state index in [1.807, 2.05) is 24.3 Å². The van der Waals surface area contributed by atoms with Crippen molar-refractivity contribution in [2.45, 2.75) is 12.7 Å². The van der Waals surface area contributed by atoms with Gasteiger partial charge in [-0.05, 0) is 12.5 Å². The zero-order valence-corrected chi connectivity index (χ0v) is 10.8. The predicted octanol–water partition coefficient (Wildman–Crippen LogP) is 1.61. The van der Waals surface area contributed by atoms with Gasteiger partial charge in [0, 0.05) is 13.6 Å². The molecule has 0 aliphatic heterocycles. The van der Waals surface area contributed by atoms with Crippen LogP contribution in [0.3, 0.4) is 0 Å². The summed E-state index contributed by atoms with van der Waals surface area (Å²) in [4.78, 5) is 0. The largest absolute Gasteiger partial charge is 0.218 e. The molecule has 0 saturated heterocycles. The fourth-order valence-electron chi connectivity index (χ4n) is 1.44. The first-order chi connectivity index (χ1) is 7.95. The van der Waals surface area contributed by atoms with Crippen molar-refractivity contribution in [2.24, 2.45) is 5.92 Å². The number of hydrogen-bond donors (Lipinski definition) is 0. The molecule has 0 N–H and O–H groups in total. The molecule has 5 heteroatoms. The van der Waals surface area contributed by atoms with Gasteiger partial charge in [-0.1, -0.05) is 30.3 Å². The third kappa shape index (κ3) is 4.17. The highest BCUT2D eigenvalue weighted by Gasteiger charge is 2.20. The quantitative estimate of drug-likeness (QED) is 0.799. The zero-order valence-electron chi connectivity index (χ0n) is 10.00. The van der Waals surface area contributed by atoms with Crippen molar-refractivity contribution in [3.05, 3.63) is 35.9 Å². The third-order valence-corrected chi connectivity index (χ3v) is 4.22. The Morgan fingerprint density at radius 2 is 1.94 bits per heavy atom. The molecule has 0 aliphatic carbocycles. The first kappa shape index (κ1) is 13.7. The average Bonchev–Trinajstić information content (AvgIpc) is 2.29. The molecule has 0 amide bonds. The van der Waals surface area contributed by atoms with E-state index in [4.69, 9.17) is 5.26 Å². The fourth-order valence-corrected chi connectivity index (χ4v) is 2.72. The van der Waals surface area contributed by atoms with Crippen molar-refractivity contribution in [3.63, 3.8) is 0 Å². The second-order valence-corrected chi connectivity index (χ2v) is 6.13. The molecular weight excluding hydrogens is 236 g/mol. The topological polar surface area (TPSA) is 61.2 Å². The summed E-state index contributed by atoms with van der Waals surface area (Å²) in [5.74, 6) is -0.326. The van der Waals surface area contributed by atoms with E-state index in [1.165, 1.54) is 11.4 Å². The summed E-state index contributed by atoms with van der Waals surface area (Å²) in [7, 11) is -1.83. The molecule has 0 saturated carbocycles. The van der Waals surface area contributed by atoms with Gasteiger partial charge in [0.25, 0.3) is 0 Å². The molecule has 0 bridgehead atoms. The van der Waals surface area contributed by atoms with Gasteiger partial charge in [-0.15, -0.1) is 0 Å². The average molecular weight is 252 g/mol. The number of sulfonamides is 1. The van der Waals surface area contributed by atoms with Gasteiger partial charge in [0.1, 0.15) is 0 Å². The molecule has 1 aromatic carbocycles. The van der Waals surface area contributed by atoms with Crippen LogP contribution in [-0.2, 0) is 15.8 Å². The summed E-state index contributed by atoms with van der Waals surface area (Å²) in [6.07, 6.45) is 0. The Morgan fingerprint density at radius 1 is 1.35 bits per heavy atom. The van der Waals surface area contributed by atoms with E-state index in [0.29, 0.717) is 0 Å². The molecule has 17 heavy (non-hydrogen) atoms. The van der Waals surface area contributed by atoms with Crippen LogP contribution in [0.4, 0.5) is 0 Å². The van der Waals surface area contributed by atoms with E-state index in [0.717, 1.165) is 5.56 Å². The molecule has 1 rings (SSSR count). The van der Waals surface area contributed by atoms with Crippen molar-refractivity contribution in [2.75, 3.05) is 13.6 Å². The molecule has 0 aromatic heterocycles. The number of hydrogen-bond acceptors (Lipinski definition) is 3. The van der Waals surface area contributed by atoms with Crippen LogP contribution in [0.15, 0.2) is 30.3 Å². The van der Waals surface area contributed by atoms with Crippen LogP contribution < -0.4 is 0 Å². The van der Waals surface area contributed by atoms with Gasteiger partial charge in [0.15, 0.2) is 0 Å². The van der Waals surface area contributed by atoms with Gasteiger partial charge in [-0.25, -0.2) is 12.7 Å². The first-order valence-corrected chi connectivity index (χ1v) is 6.94. The van der Waals surface area contributed by atoms with Gasteiger partial charge >= 0.3 is 0 Å². The normalized spacial score (nSPS) is 13.3. The van der Waals surface area contributed by atoms with Crippen LogP contribution in [0.1, 0.15) is 12.5 Å². The second kappa shape index (κ2) is 5.80. The van der Waals surface area contributed by atoms with Crippen LogP contribution >= 0.6 is 0 Å². The summed E-state index contributed by atoms with van der Waals surface area (Å²) in [6, 6.07) is 11.0. The van der Waals surface area contributed by atoms with E-state index in [-0.39, 0.29) is 18.2 Å². The summed E-state index contributed by atoms with van der Waals surface area (Å²) < 4.78 is 25.2. The lowest BCUT2D eigenvalue weighted by Gasteiger charge is -2.18. The molecule has 1 aromatic rings. The molecule has 0 radical (unpaired) electrons. The van der Waals surface area contributed by atoms with Gasteiger partial charge < -0.3 is 0 Å². The minimum absolute atomic E-state index is 0.0253. The van der Waals surface area contributed by atoms with E-state index in [1.54, 1.807) is 19.1 Å². The Morgan fingerprint density at radius 3 is 2.47 bits per heavy atom. The summed E-state index contributed by atoms with van der Waals surface area (Å²) in [6.45, 7) is 1.93. The number of benzene rings is 1. The summed E-state index contributed by atoms with van der Waals surface area (Å²) in [5.41, 5.74) is 0.754. The highest BCUT2D eigenvalue weighted by Crippen LogP contribution is 2.10. The number of rotatable bonds is 5. The highest BCUT2D eigenvalue weighted by atomic mass is 32.2. The van der Waals surface area contributed by atoms with Crippen molar-refractivity contribution >= 4 is 10.0 Å². The van der Waals surface area contributed by atoms with Crippen molar-refractivity contribution in [3.8, 4) is 6.07 Å². The molecule has 92 valence electrons. The second-order valence-electron chi connectivity index (χ2n) is 4.05. The maximum atomic E-state index is 12.0. The van der Waals surface area contributed by atoms with Gasteiger partial charge in [-0.2, -0.15) is 5.26 Å². The van der Waals surface area contributed by atoms with Gasteiger partial charge in [0.05, 0.1) is 17.7 Å². The molecule has 1 atom stereocenters. The molecular formula is C12H16N2O2S. The van der Waals surface area contributed by atoms with Crippen LogP contribution in [0.5, 0.6) is 0 Å². The van der Waals surface area contributed by atoms with Crippen molar-refractivity contribution < 1.29 is 8.42 Å². The van der Waals surface area contributed by atoms with Crippen LogP contribution in [0, 0.1) is 17.2 Å². The van der Waals surface area contributed by atoms with Crippen molar-refractivity contribution in [1.29, 1.82) is 5.26 Å². The summed E-state index contributed by atoms with van der Waals surface area (Å²) in [5, 5.41) is 8.67. The number of nitriles is 1.